The molecule has 0 radical (unpaired) electrons. The van der Waals surface area contributed by atoms with Gasteiger partial charge in [-0.2, -0.15) is 5.10 Å². The molecule has 26 heavy (non-hydrogen) atoms. The molecule has 1 aromatic carbocycles. The summed E-state index contributed by atoms with van der Waals surface area (Å²) < 4.78 is 1.82. The quantitative estimate of drug-likeness (QED) is 0.892. The summed E-state index contributed by atoms with van der Waals surface area (Å²) in [7, 11) is 0. The van der Waals surface area contributed by atoms with Crippen LogP contribution in [0.3, 0.4) is 0 Å². The summed E-state index contributed by atoms with van der Waals surface area (Å²) in [6, 6.07) is 7.79. The van der Waals surface area contributed by atoms with Crippen molar-refractivity contribution in [3.05, 3.63) is 47.3 Å². The second kappa shape index (κ2) is 7.32. The Labute approximate surface area is 153 Å². The summed E-state index contributed by atoms with van der Waals surface area (Å²) >= 11 is 0. The van der Waals surface area contributed by atoms with Crippen LogP contribution in [0.25, 0.3) is 5.69 Å². The number of benzene rings is 1. The number of likely N-dealkylation sites (tertiary alicyclic amines) is 1. The summed E-state index contributed by atoms with van der Waals surface area (Å²) in [5.41, 5.74) is 3.51. The van der Waals surface area contributed by atoms with E-state index in [4.69, 9.17) is 5.11 Å². The molecule has 2 heterocycles. The van der Waals surface area contributed by atoms with E-state index in [0.717, 1.165) is 29.8 Å². The van der Waals surface area contributed by atoms with Crippen molar-refractivity contribution in [2.24, 2.45) is 0 Å². The SMILES string of the molecule is Cc1ccc(-n2ncc(C(=O)N3CCCC3CC(=O)O)c2C(C)C)cc1. The van der Waals surface area contributed by atoms with Gasteiger partial charge in [-0.15, -0.1) is 0 Å². The Kier molecular flexibility index (Phi) is 5.11. The minimum atomic E-state index is -0.867. The molecule has 1 aliphatic rings. The molecule has 0 bridgehead atoms. The number of rotatable bonds is 5. The van der Waals surface area contributed by atoms with Crippen LogP contribution in [0.1, 0.15) is 60.6 Å². The topological polar surface area (TPSA) is 75.4 Å². The Balaban J connectivity index is 1.96. The van der Waals surface area contributed by atoms with Crippen molar-refractivity contribution in [2.45, 2.75) is 52.0 Å². The summed E-state index contributed by atoms with van der Waals surface area (Å²) in [5, 5.41) is 13.6. The van der Waals surface area contributed by atoms with Gasteiger partial charge in [-0.3, -0.25) is 9.59 Å². The lowest BCUT2D eigenvalue weighted by Gasteiger charge is -2.24. The van der Waals surface area contributed by atoms with Crippen LogP contribution < -0.4 is 0 Å². The smallest absolute Gasteiger partial charge is 0.305 e. The van der Waals surface area contributed by atoms with Gasteiger partial charge in [0.25, 0.3) is 5.91 Å². The van der Waals surface area contributed by atoms with E-state index in [1.807, 2.05) is 49.7 Å². The molecule has 1 saturated heterocycles. The Morgan fingerprint density at radius 3 is 2.58 bits per heavy atom. The number of carbonyl (C=O) groups excluding carboxylic acids is 1. The first kappa shape index (κ1) is 18.2. The second-order valence-corrected chi connectivity index (χ2v) is 7.24. The number of hydrogen-bond acceptors (Lipinski definition) is 3. The first-order valence-corrected chi connectivity index (χ1v) is 9.06. The van der Waals surface area contributed by atoms with E-state index in [1.54, 1.807) is 11.1 Å². The van der Waals surface area contributed by atoms with Crippen molar-refractivity contribution in [3.63, 3.8) is 0 Å². The molecular formula is C20H25N3O3. The molecule has 3 rings (SSSR count). The lowest BCUT2D eigenvalue weighted by Crippen LogP contribution is -2.37. The number of nitrogens with zero attached hydrogens (tertiary/aromatic N) is 3. The molecule has 1 aromatic heterocycles. The maximum Gasteiger partial charge on any atom is 0.305 e. The normalized spacial score (nSPS) is 17.1. The minimum Gasteiger partial charge on any atom is -0.481 e. The third-order valence-corrected chi connectivity index (χ3v) is 4.91. The second-order valence-electron chi connectivity index (χ2n) is 7.24. The van der Waals surface area contributed by atoms with Crippen molar-refractivity contribution >= 4 is 11.9 Å². The van der Waals surface area contributed by atoms with Crippen LogP contribution in [0, 0.1) is 6.92 Å². The van der Waals surface area contributed by atoms with Gasteiger partial charge in [0.05, 0.1) is 29.6 Å². The number of aliphatic carboxylic acids is 1. The van der Waals surface area contributed by atoms with Crippen molar-refractivity contribution in [1.29, 1.82) is 0 Å². The number of carbonyl (C=O) groups is 2. The number of amides is 1. The van der Waals surface area contributed by atoms with Crippen molar-refractivity contribution in [2.75, 3.05) is 6.54 Å². The first-order valence-electron chi connectivity index (χ1n) is 9.06. The van der Waals surface area contributed by atoms with E-state index >= 15 is 0 Å². The standard InChI is InChI=1S/C20H25N3O3/c1-13(2)19-17(12-21-23(19)15-8-6-14(3)7-9-15)20(26)22-10-4-5-16(22)11-18(24)25/h6-9,12-13,16H,4-5,10-11H2,1-3H3,(H,24,25). The Bertz CT molecular complexity index is 808. The first-order chi connectivity index (χ1) is 12.4. The van der Waals surface area contributed by atoms with Crippen LogP contribution in [0.5, 0.6) is 0 Å². The Morgan fingerprint density at radius 1 is 1.27 bits per heavy atom. The predicted octanol–water partition coefficient (Wildman–Crippen LogP) is 3.38. The monoisotopic (exact) mass is 355 g/mol. The maximum absolute atomic E-state index is 13.1. The lowest BCUT2D eigenvalue weighted by molar-refractivity contribution is -0.137. The lowest BCUT2D eigenvalue weighted by atomic mass is 10.0. The maximum atomic E-state index is 13.1. The molecule has 1 N–H and O–H groups in total. The van der Waals surface area contributed by atoms with E-state index < -0.39 is 5.97 Å². The Hall–Kier alpha value is -2.63. The Morgan fingerprint density at radius 2 is 1.96 bits per heavy atom. The summed E-state index contributed by atoms with van der Waals surface area (Å²) in [6.45, 7) is 6.71. The molecule has 1 fully saturated rings. The van der Waals surface area contributed by atoms with Crippen molar-refractivity contribution in [3.8, 4) is 5.69 Å². The van der Waals surface area contributed by atoms with Crippen LogP contribution in [-0.2, 0) is 4.79 Å². The zero-order chi connectivity index (χ0) is 18.8. The largest absolute Gasteiger partial charge is 0.481 e. The highest BCUT2D eigenvalue weighted by atomic mass is 16.4. The molecule has 1 unspecified atom stereocenters. The van der Waals surface area contributed by atoms with Crippen LogP contribution in [-0.4, -0.2) is 44.3 Å². The molecule has 1 amide bonds. The van der Waals surface area contributed by atoms with E-state index in [1.165, 1.54) is 0 Å². The molecule has 2 aromatic rings. The molecule has 6 heteroatoms. The highest BCUT2D eigenvalue weighted by molar-refractivity contribution is 5.96. The highest BCUT2D eigenvalue weighted by Crippen LogP contribution is 2.28. The number of carboxylic acids is 1. The van der Waals surface area contributed by atoms with E-state index in [9.17, 15) is 9.59 Å². The zero-order valence-corrected chi connectivity index (χ0v) is 15.5. The van der Waals surface area contributed by atoms with Crippen LogP contribution in [0.15, 0.2) is 30.5 Å². The average Bonchev–Trinajstić information content (AvgIpc) is 3.21. The number of aryl methyl sites for hydroxylation is 1. The molecule has 1 aliphatic heterocycles. The predicted molar refractivity (Wildman–Crippen MR) is 98.7 cm³/mol. The molecule has 0 saturated carbocycles. The van der Waals surface area contributed by atoms with Crippen LogP contribution in [0.4, 0.5) is 0 Å². The van der Waals surface area contributed by atoms with Gasteiger partial charge in [-0.1, -0.05) is 31.5 Å². The zero-order valence-electron chi connectivity index (χ0n) is 15.5. The van der Waals surface area contributed by atoms with Crippen molar-refractivity contribution < 1.29 is 14.7 Å². The fraction of sp³-hybridized carbons (Fsp3) is 0.450. The van der Waals surface area contributed by atoms with Crippen molar-refractivity contribution in [1.82, 2.24) is 14.7 Å². The molecule has 0 spiro atoms. The summed E-state index contributed by atoms with van der Waals surface area (Å²) in [6.07, 6.45) is 3.19. The molecule has 1 atom stereocenters. The minimum absolute atomic E-state index is 0.00511. The van der Waals surface area contributed by atoms with Gasteiger partial charge in [0, 0.05) is 12.6 Å². The number of hydrogen-bond donors (Lipinski definition) is 1. The fourth-order valence-electron chi connectivity index (χ4n) is 3.64. The number of aromatic nitrogens is 2. The molecule has 0 aliphatic carbocycles. The van der Waals surface area contributed by atoms with Crippen LogP contribution >= 0.6 is 0 Å². The third kappa shape index (κ3) is 3.49. The van der Waals surface area contributed by atoms with Gasteiger partial charge >= 0.3 is 5.97 Å². The van der Waals surface area contributed by atoms with Gasteiger partial charge in [0.15, 0.2) is 0 Å². The van der Waals surface area contributed by atoms with Crippen LogP contribution in [0.2, 0.25) is 0 Å². The third-order valence-electron chi connectivity index (χ3n) is 4.91. The van der Waals surface area contributed by atoms with Gasteiger partial charge in [-0.05, 0) is 37.8 Å². The van der Waals surface area contributed by atoms with Gasteiger partial charge in [-0.25, -0.2) is 4.68 Å². The van der Waals surface area contributed by atoms with E-state index in [2.05, 4.69) is 5.10 Å². The molecular weight excluding hydrogens is 330 g/mol. The average molecular weight is 355 g/mol. The van der Waals surface area contributed by atoms with Gasteiger partial charge < -0.3 is 10.0 Å². The molecule has 6 nitrogen and oxygen atoms in total. The molecule has 138 valence electrons. The fourth-order valence-corrected chi connectivity index (χ4v) is 3.64. The van der Waals surface area contributed by atoms with E-state index in [-0.39, 0.29) is 24.3 Å². The number of carboxylic acid groups (broad SMARTS) is 1. The summed E-state index contributed by atoms with van der Waals surface area (Å²) in [5.74, 6) is -0.872. The summed E-state index contributed by atoms with van der Waals surface area (Å²) in [4.78, 5) is 25.9. The van der Waals surface area contributed by atoms with Gasteiger partial charge in [0.1, 0.15) is 0 Å². The van der Waals surface area contributed by atoms with Gasteiger partial charge in [0.2, 0.25) is 0 Å². The van der Waals surface area contributed by atoms with E-state index in [0.29, 0.717) is 12.1 Å². The highest BCUT2D eigenvalue weighted by Gasteiger charge is 2.33.